The minimum absolute atomic E-state index is 0.211. The van der Waals surface area contributed by atoms with Crippen LogP contribution in [-0.4, -0.2) is 16.2 Å². The molecule has 1 saturated heterocycles. The Morgan fingerprint density at radius 2 is 1.89 bits per heavy atom. The molecule has 0 aliphatic carbocycles. The Kier molecular flexibility index (Phi) is 5.30. The Balaban J connectivity index is 1.58. The van der Waals surface area contributed by atoms with E-state index in [-0.39, 0.29) is 5.91 Å². The summed E-state index contributed by atoms with van der Waals surface area (Å²) < 4.78 is 6.64. The molecule has 0 bridgehead atoms. The van der Waals surface area contributed by atoms with E-state index in [1.54, 1.807) is 30.3 Å². The van der Waals surface area contributed by atoms with Crippen LogP contribution in [0, 0.1) is 0 Å². The summed E-state index contributed by atoms with van der Waals surface area (Å²) in [4.78, 5) is 25.0. The number of thioether (sulfide) groups is 1. The van der Waals surface area contributed by atoms with E-state index in [1.165, 1.54) is 11.8 Å². The van der Waals surface area contributed by atoms with Crippen LogP contribution in [0.25, 0.3) is 16.8 Å². The molecule has 0 radical (unpaired) electrons. The van der Waals surface area contributed by atoms with Gasteiger partial charge in [0, 0.05) is 0 Å². The lowest BCUT2D eigenvalue weighted by Crippen LogP contribution is -2.17. The zero-order valence-electron chi connectivity index (χ0n) is 14.3. The van der Waals surface area contributed by atoms with E-state index in [2.05, 4.69) is 21.2 Å². The Morgan fingerprint density at radius 1 is 1.11 bits per heavy atom. The summed E-state index contributed by atoms with van der Waals surface area (Å²) >= 11 is 9.64. The molecule has 3 aromatic carbocycles. The molecule has 7 heteroatoms. The summed E-state index contributed by atoms with van der Waals surface area (Å²) in [5.74, 6) is -0.239. The molecular formula is C21H12BrNO3S2. The SMILES string of the molecule is O=C1NC(=S)S/C1=C\c1ccc(OC(=O)c2cccc3ccccc23)c(Br)c1. The Labute approximate surface area is 179 Å². The first-order valence-corrected chi connectivity index (χ1v) is 10.3. The van der Waals surface area contributed by atoms with Crippen LogP contribution < -0.4 is 10.1 Å². The van der Waals surface area contributed by atoms with Crippen LogP contribution in [0.5, 0.6) is 5.75 Å². The monoisotopic (exact) mass is 469 g/mol. The highest BCUT2D eigenvalue weighted by atomic mass is 79.9. The van der Waals surface area contributed by atoms with Gasteiger partial charge in [0.15, 0.2) is 0 Å². The molecular weight excluding hydrogens is 458 g/mol. The molecule has 0 aromatic heterocycles. The second-order valence-electron chi connectivity index (χ2n) is 5.96. The third-order valence-electron chi connectivity index (χ3n) is 4.11. The minimum Gasteiger partial charge on any atom is -0.422 e. The molecule has 1 fully saturated rings. The maximum absolute atomic E-state index is 12.7. The van der Waals surface area contributed by atoms with Crippen LogP contribution in [0.4, 0.5) is 0 Å². The number of ether oxygens (including phenoxy) is 1. The lowest BCUT2D eigenvalue weighted by Gasteiger charge is -2.09. The zero-order valence-corrected chi connectivity index (χ0v) is 17.5. The van der Waals surface area contributed by atoms with E-state index in [9.17, 15) is 9.59 Å². The van der Waals surface area contributed by atoms with Crippen molar-refractivity contribution in [2.45, 2.75) is 0 Å². The molecule has 0 saturated carbocycles. The normalized spacial score (nSPS) is 15.1. The van der Waals surface area contributed by atoms with Crippen LogP contribution in [0.1, 0.15) is 15.9 Å². The first-order chi connectivity index (χ1) is 13.5. The summed E-state index contributed by atoms with van der Waals surface area (Å²) in [6, 6.07) is 18.4. The Hall–Kier alpha value is -2.48. The number of fused-ring (bicyclic) bond motifs is 1. The van der Waals surface area contributed by atoms with E-state index >= 15 is 0 Å². The molecule has 138 valence electrons. The molecule has 0 atom stereocenters. The van der Waals surface area contributed by atoms with Gasteiger partial charge in [0.05, 0.1) is 14.9 Å². The molecule has 4 rings (SSSR count). The van der Waals surface area contributed by atoms with E-state index in [4.69, 9.17) is 17.0 Å². The first kappa shape index (κ1) is 18.9. The molecule has 0 spiro atoms. The van der Waals surface area contributed by atoms with Gasteiger partial charge in [0.25, 0.3) is 5.91 Å². The topological polar surface area (TPSA) is 55.4 Å². The smallest absolute Gasteiger partial charge is 0.344 e. The molecule has 1 aliphatic heterocycles. The zero-order chi connectivity index (χ0) is 19.7. The van der Waals surface area contributed by atoms with E-state index in [0.717, 1.165) is 16.3 Å². The van der Waals surface area contributed by atoms with Crippen LogP contribution in [0.15, 0.2) is 70.0 Å². The Bertz CT molecular complexity index is 1170. The van der Waals surface area contributed by atoms with Gasteiger partial charge in [-0.25, -0.2) is 4.79 Å². The lowest BCUT2D eigenvalue weighted by molar-refractivity contribution is -0.115. The molecule has 28 heavy (non-hydrogen) atoms. The van der Waals surface area contributed by atoms with Crippen LogP contribution in [-0.2, 0) is 4.79 Å². The third-order valence-corrected chi connectivity index (χ3v) is 5.89. The third kappa shape index (κ3) is 3.87. The number of amides is 1. The molecule has 3 aromatic rings. The predicted octanol–water partition coefficient (Wildman–Crippen LogP) is 5.31. The van der Waals surface area contributed by atoms with Gasteiger partial charge in [0.2, 0.25) is 0 Å². The summed E-state index contributed by atoms with van der Waals surface area (Å²) in [7, 11) is 0. The number of carbonyl (C=O) groups excluding carboxylic acids is 2. The van der Waals surface area contributed by atoms with Crippen molar-refractivity contribution in [1.82, 2.24) is 5.32 Å². The number of esters is 1. The summed E-state index contributed by atoms with van der Waals surface area (Å²) in [5.41, 5.74) is 1.29. The fraction of sp³-hybridized carbons (Fsp3) is 0. The van der Waals surface area contributed by atoms with Crippen molar-refractivity contribution >= 4 is 73.0 Å². The van der Waals surface area contributed by atoms with Crippen molar-refractivity contribution in [2.24, 2.45) is 0 Å². The van der Waals surface area contributed by atoms with Crippen molar-refractivity contribution in [3.05, 3.63) is 81.2 Å². The molecule has 4 nitrogen and oxygen atoms in total. The standard InChI is InChI=1S/C21H12BrNO3S2/c22-16-10-12(11-18-19(24)23-21(27)28-18)8-9-17(16)26-20(25)15-7-3-5-13-4-1-2-6-14(13)15/h1-11H,(H,23,24,27)/b18-11-. The van der Waals surface area contributed by atoms with Gasteiger partial charge in [0.1, 0.15) is 10.1 Å². The molecule has 0 unspecified atom stereocenters. The number of rotatable bonds is 3. The van der Waals surface area contributed by atoms with Gasteiger partial charge in [-0.3, -0.25) is 4.79 Å². The average molecular weight is 470 g/mol. The summed E-state index contributed by atoms with van der Waals surface area (Å²) in [5, 5.41) is 4.39. The van der Waals surface area contributed by atoms with E-state index < -0.39 is 5.97 Å². The molecule has 1 amide bonds. The predicted molar refractivity (Wildman–Crippen MR) is 119 cm³/mol. The van der Waals surface area contributed by atoms with Crippen molar-refractivity contribution in [2.75, 3.05) is 0 Å². The number of halogens is 1. The number of hydrogen-bond donors (Lipinski definition) is 1. The van der Waals surface area contributed by atoms with Crippen molar-refractivity contribution in [3.63, 3.8) is 0 Å². The number of thiocarbonyl (C=S) groups is 1. The maximum atomic E-state index is 12.7. The molecule has 1 aliphatic rings. The van der Waals surface area contributed by atoms with Crippen molar-refractivity contribution in [1.29, 1.82) is 0 Å². The fourth-order valence-electron chi connectivity index (χ4n) is 2.82. The van der Waals surface area contributed by atoms with Crippen LogP contribution >= 0.6 is 39.9 Å². The summed E-state index contributed by atoms with van der Waals surface area (Å²) in [6.45, 7) is 0. The van der Waals surface area contributed by atoms with Crippen LogP contribution in [0.2, 0.25) is 0 Å². The fourth-order valence-corrected chi connectivity index (χ4v) is 4.34. The van der Waals surface area contributed by atoms with Crippen molar-refractivity contribution < 1.29 is 14.3 Å². The largest absolute Gasteiger partial charge is 0.422 e. The number of hydrogen-bond acceptors (Lipinski definition) is 5. The average Bonchev–Trinajstić information content (AvgIpc) is 3.00. The molecule has 1 N–H and O–H groups in total. The quantitative estimate of drug-likeness (QED) is 0.243. The van der Waals surface area contributed by atoms with Crippen molar-refractivity contribution in [3.8, 4) is 5.75 Å². The van der Waals surface area contributed by atoms with E-state index in [0.29, 0.717) is 25.0 Å². The molecule has 1 heterocycles. The van der Waals surface area contributed by atoms with E-state index in [1.807, 2.05) is 36.4 Å². The lowest BCUT2D eigenvalue weighted by atomic mass is 10.0. The van der Waals surface area contributed by atoms with Gasteiger partial charge in [-0.1, -0.05) is 66.4 Å². The van der Waals surface area contributed by atoms with Crippen LogP contribution in [0.3, 0.4) is 0 Å². The van der Waals surface area contributed by atoms with Gasteiger partial charge in [-0.15, -0.1) is 0 Å². The number of carbonyl (C=O) groups is 2. The highest BCUT2D eigenvalue weighted by Gasteiger charge is 2.22. The maximum Gasteiger partial charge on any atom is 0.344 e. The first-order valence-electron chi connectivity index (χ1n) is 8.25. The second-order valence-corrected chi connectivity index (χ2v) is 8.53. The van der Waals surface area contributed by atoms with Gasteiger partial charge >= 0.3 is 5.97 Å². The van der Waals surface area contributed by atoms with Gasteiger partial charge < -0.3 is 10.1 Å². The number of benzene rings is 3. The second kappa shape index (κ2) is 7.87. The minimum atomic E-state index is -0.431. The van der Waals surface area contributed by atoms with Gasteiger partial charge in [-0.05, 0) is 56.5 Å². The highest BCUT2D eigenvalue weighted by Crippen LogP contribution is 2.31. The summed E-state index contributed by atoms with van der Waals surface area (Å²) in [6.07, 6.45) is 1.74. The Morgan fingerprint density at radius 3 is 2.64 bits per heavy atom. The highest BCUT2D eigenvalue weighted by molar-refractivity contribution is 9.10. The number of nitrogens with one attached hydrogen (secondary N) is 1. The van der Waals surface area contributed by atoms with Gasteiger partial charge in [-0.2, -0.15) is 0 Å².